The van der Waals surface area contributed by atoms with Gasteiger partial charge in [0.2, 0.25) is 0 Å². The maximum atomic E-state index is 12.8. The summed E-state index contributed by atoms with van der Waals surface area (Å²) in [7, 11) is 0. The zero-order valence-corrected chi connectivity index (χ0v) is 16.1. The number of hydrogen-bond donors (Lipinski definition) is 1. The van der Waals surface area contributed by atoms with E-state index in [2.05, 4.69) is 65.7 Å². The maximum Gasteiger partial charge on any atom is 0.317 e. The van der Waals surface area contributed by atoms with Gasteiger partial charge in [0.25, 0.3) is 0 Å². The van der Waals surface area contributed by atoms with Crippen LogP contribution in [0.5, 0.6) is 0 Å². The van der Waals surface area contributed by atoms with E-state index in [0.717, 1.165) is 32.7 Å². The van der Waals surface area contributed by atoms with E-state index in [4.69, 9.17) is 0 Å². The molecule has 2 aliphatic rings. The molecule has 0 aromatic heterocycles. The van der Waals surface area contributed by atoms with Crippen LogP contribution >= 0.6 is 0 Å². The van der Waals surface area contributed by atoms with Gasteiger partial charge in [-0.3, -0.25) is 4.90 Å². The van der Waals surface area contributed by atoms with Gasteiger partial charge in [-0.1, -0.05) is 60.2 Å². The van der Waals surface area contributed by atoms with Crippen molar-refractivity contribution in [3.63, 3.8) is 0 Å². The third-order valence-electron chi connectivity index (χ3n) is 5.68. The van der Waals surface area contributed by atoms with E-state index in [0.29, 0.717) is 5.92 Å². The summed E-state index contributed by atoms with van der Waals surface area (Å²) in [4.78, 5) is 17.2. The van der Waals surface area contributed by atoms with E-state index in [-0.39, 0.29) is 12.1 Å². The van der Waals surface area contributed by atoms with E-state index >= 15 is 0 Å². The number of rotatable bonds is 5. The average Bonchev–Trinajstić information content (AvgIpc) is 3.52. The molecule has 142 valence electrons. The number of nitrogens with zero attached hydrogens (tertiary/aromatic N) is 2. The molecule has 1 unspecified atom stereocenters. The first-order valence-electron chi connectivity index (χ1n) is 10.1. The molecule has 0 radical (unpaired) electrons. The Bertz CT molecular complexity index is 764. The smallest absolute Gasteiger partial charge is 0.317 e. The first kappa shape index (κ1) is 18.1. The number of nitrogens with one attached hydrogen (secondary N) is 1. The van der Waals surface area contributed by atoms with Crippen molar-refractivity contribution >= 4 is 6.03 Å². The van der Waals surface area contributed by atoms with Crippen LogP contribution in [0.15, 0.2) is 54.6 Å². The van der Waals surface area contributed by atoms with Crippen LogP contribution in [-0.4, -0.2) is 42.0 Å². The maximum absolute atomic E-state index is 12.8. The number of piperazine rings is 1. The van der Waals surface area contributed by atoms with Gasteiger partial charge in [-0.25, -0.2) is 4.79 Å². The molecule has 1 saturated heterocycles. The molecule has 2 fully saturated rings. The lowest BCUT2D eigenvalue weighted by atomic mass is 10.0. The van der Waals surface area contributed by atoms with Gasteiger partial charge >= 0.3 is 6.03 Å². The second-order valence-corrected chi connectivity index (χ2v) is 7.93. The van der Waals surface area contributed by atoms with Gasteiger partial charge in [0.05, 0.1) is 6.04 Å². The standard InChI is InChI=1S/C23H29N3O/c1-18-6-5-7-19(16-18)17-25-12-14-26(15-13-25)23(27)24-22(21-10-11-21)20-8-3-2-4-9-20/h2-9,16,21-22H,10-15,17H2,1H3,(H,24,27). The summed E-state index contributed by atoms with van der Waals surface area (Å²) in [5, 5.41) is 3.31. The summed E-state index contributed by atoms with van der Waals surface area (Å²) in [6.45, 7) is 6.55. The van der Waals surface area contributed by atoms with Crippen molar-refractivity contribution in [2.75, 3.05) is 26.2 Å². The van der Waals surface area contributed by atoms with Crippen molar-refractivity contribution in [3.05, 3.63) is 71.3 Å². The van der Waals surface area contributed by atoms with Crippen molar-refractivity contribution in [1.82, 2.24) is 15.1 Å². The lowest BCUT2D eigenvalue weighted by molar-refractivity contribution is 0.132. The topological polar surface area (TPSA) is 35.6 Å². The van der Waals surface area contributed by atoms with Gasteiger partial charge in [0.1, 0.15) is 0 Å². The van der Waals surface area contributed by atoms with Crippen molar-refractivity contribution in [2.45, 2.75) is 32.4 Å². The molecular formula is C23H29N3O. The van der Waals surface area contributed by atoms with Gasteiger partial charge in [0, 0.05) is 32.7 Å². The average molecular weight is 364 g/mol. The lowest BCUT2D eigenvalue weighted by Gasteiger charge is -2.35. The van der Waals surface area contributed by atoms with Crippen molar-refractivity contribution in [3.8, 4) is 0 Å². The van der Waals surface area contributed by atoms with Crippen LogP contribution in [0.3, 0.4) is 0 Å². The first-order chi connectivity index (χ1) is 13.2. The minimum Gasteiger partial charge on any atom is -0.331 e. The molecule has 1 aliphatic carbocycles. The van der Waals surface area contributed by atoms with Crippen LogP contribution in [0.1, 0.15) is 35.6 Å². The molecule has 0 spiro atoms. The zero-order chi connectivity index (χ0) is 18.6. The molecule has 2 aromatic rings. The summed E-state index contributed by atoms with van der Waals surface area (Å²) >= 11 is 0. The number of urea groups is 1. The van der Waals surface area contributed by atoms with Crippen LogP contribution in [0.2, 0.25) is 0 Å². The van der Waals surface area contributed by atoms with Crippen LogP contribution in [0.4, 0.5) is 4.79 Å². The molecule has 4 rings (SSSR count). The normalized spacial score (nSPS) is 18.9. The number of carbonyl (C=O) groups is 1. The van der Waals surface area contributed by atoms with E-state index in [1.54, 1.807) is 0 Å². The molecule has 4 heteroatoms. The fourth-order valence-electron chi connectivity index (χ4n) is 3.97. The van der Waals surface area contributed by atoms with Crippen LogP contribution < -0.4 is 5.32 Å². The molecule has 2 amide bonds. The third kappa shape index (κ3) is 4.69. The molecule has 4 nitrogen and oxygen atoms in total. The number of benzene rings is 2. The quantitative estimate of drug-likeness (QED) is 0.872. The number of amides is 2. The third-order valence-corrected chi connectivity index (χ3v) is 5.68. The Labute approximate surface area is 162 Å². The summed E-state index contributed by atoms with van der Waals surface area (Å²) in [5.41, 5.74) is 3.88. The highest BCUT2D eigenvalue weighted by atomic mass is 16.2. The second kappa shape index (κ2) is 8.13. The van der Waals surface area contributed by atoms with Gasteiger partial charge < -0.3 is 10.2 Å². The minimum absolute atomic E-state index is 0.0889. The molecule has 2 aromatic carbocycles. The lowest BCUT2D eigenvalue weighted by Crippen LogP contribution is -2.52. The van der Waals surface area contributed by atoms with E-state index in [1.165, 1.54) is 29.5 Å². The Hall–Kier alpha value is -2.33. The Kier molecular flexibility index (Phi) is 5.44. The summed E-state index contributed by atoms with van der Waals surface area (Å²) < 4.78 is 0. The molecule has 1 N–H and O–H groups in total. The molecule has 1 aliphatic heterocycles. The molecule has 0 bridgehead atoms. The molecule has 27 heavy (non-hydrogen) atoms. The molecule has 1 heterocycles. The predicted octanol–water partition coefficient (Wildman–Crippen LogP) is 3.97. The van der Waals surface area contributed by atoms with Crippen LogP contribution in [0, 0.1) is 12.8 Å². The molecule has 1 atom stereocenters. The van der Waals surface area contributed by atoms with Crippen molar-refractivity contribution < 1.29 is 4.79 Å². The minimum atomic E-state index is 0.0889. The summed E-state index contributed by atoms with van der Waals surface area (Å²) in [5.74, 6) is 0.596. The molecular weight excluding hydrogens is 334 g/mol. The predicted molar refractivity (Wildman–Crippen MR) is 108 cm³/mol. The second-order valence-electron chi connectivity index (χ2n) is 7.93. The first-order valence-corrected chi connectivity index (χ1v) is 10.1. The van der Waals surface area contributed by atoms with Gasteiger partial charge in [-0.05, 0) is 36.8 Å². The number of hydrogen-bond acceptors (Lipinski definition) is 2. The highest BCUT2D eigenvalue weighted by Crippen LogP contribution is 2.41. The SMILES string of the molecule is Cc1cccc(CN2CCN(C(=O)NC(c3ccccc3)C3CC3)CC2)c1. The Morgan fingerprint density at radius 2 is 1.78 bits per heavy atom. The zero-order valence-electron chi connectivity index (χ0n) is 16.1. The Balaban J connectivity index is 1.30. The number of aryl methyl sites for hydroxylation is 1. The van der Waals surface area contributed by atoms with E-state index in [9.17, 15) is 4.79 Å². The van der Waals surface area contributed by atoms with Gasteiger partial charge in [0.15, 0.2) is 0 Å². The Morgan fingerprint density at radius 1 is 1.04 bits per heavy atom. The summed E-state index contributed by atoms with van der Waals surface area (Å²) in [6, 6.07) is 19.3. The monoisotopic (exact) mass is 363 g/mol. The van der Waals surface area contributed by atoms with Crippen molar-refractivity contribution in [1.29, 1.82) is 0 Å². The fourth-order valence-corrected chi connectivity index (χ4v) is 3.97. The van der Waals surface area contributed by atoms with Gasteiger partial charge in [-0.2, -0.15) is 0 Å². The van der Waals surface area contributed by atoms with E-state index in [1.807, 2.05) is 11.0 Å². The molecule has 1 saturated carbocycles. The van der Waals surface area contributed by atoms with Gasteiger partial charge in [-0.15, -0.1) is 0 Å². The number of carbonyl (C=O) groups excluding carboxylic acids is 1. The van der Waals surface area contributed by atoms with Crippen LogP contribution in [-0.2, 0) is 6.54 Å². The Morgan fingerprint density at radius 3 is 2.44 bits per heavy atom. The summed E-state index contributed by atoms with van der Waals surface area (Å²) in [6.07, 6.45) is 2.42. The highest BCUT2D eigenvalue weighted by molar-refractivity contribution is 5.75. The van der Waals surface area contributed by atoms with Crippen molar-refractivity contribution in [2.24, 2.45) is 5.92 Å². The van der Waals surface area contributed by atoms with Crippen LogP contribution in [0.25, 0.3) is 0 Å². The van der Waals surface area contributed by atoms with E-state index < -0.39 is 0 Å². The highest BCUT2D eigenvalue weighted by Gasteiger charge is 2.34. The largest absolute Gasteiger partial charge is 0.331 e. The fraction of sp³-hybridized carbons (Fsp3) is 0.435.